The average Bonchev–Trinajstić information content (AvgIpc) is 2.86. The molecule has 0 aliphatic carbocycles. The number of para-hydroxylation sites is 1. The van der Waals surface area contributed by atoms with Gasteiger partial charge in [0.1, 0.15) is 5.82 Å². The monoisotopic (exact) mass is 592 g/mol. The molecule has 0 amide bonds. The van der Waals surface area contributed by atoms with E-state index in [1.54, 1.807) is 12.4 Å². The third-order valence-electron chi connectivity index (χ3n) is 4.94. The molecule has 2 aromatic heterocycles. The van der Waals surface area contributed by atoms with Crippen molar-refractivity contribution in [2.75, 3.05) is 4.90 Å². The van der Waals surface area contributed by atoms with Crippen LogP contribution in [0.1, 0.15) is 0 Å². The molecule has 0 unspecified atom stereocenters. The fourth-order valence-electron chi connectivity index (χ4n) is 3.50. The van der Waals surface area contributed by atoms with Gasteiger partial charge in [0.05, 0.1) is 0 Å². The van der Waals surface area contributed by atoms with E-state index in [9.17, 15) is 0 Å². The summed E-state index contributed by atoms with van der Waals surface area (Å²) in [5.41, 5.74) is 5.74. The predicted octanol–water partition coefficient (Wildman–Crippen LogP) is 6.88. The van der Waals surface area contributed by atoms with Gasteiger partial charge in [0.2, 0.25) is 0 Å². The van der Waals surface area contributed by atoms with E-state index in [0.717, 1.165) is 39.6 Å². The topological polar surface area (TPSA) is 29.0 Å². The molecule has 5 rings (SSSR count). The third kappa shape index (κ3) is 4.69. The van der Waals surface area contributed by atoms with Crippen LogP contribution >= 0.6 is 0 Å². The Labute approximate surface area is 202 Å². The summed E-state index contributed by atoms with van der Waals surface area (Å²) in [5.74, 6) is 0.841. The Morgan fingerprint density at radius 2 is 1.19 bits per heavy atom. The van der Waals surface area contributed by atoms with Crippen LogP contribution in [0.5, 0.6) is 0 Å². The summed E-state index contributed by atoms with van der Waals surface area (Å²) in [6, 6.07) is 41.3. The van der Waals surface area contributed by atoms with E-state index in [1.165, 1.54) is 0 Å². The molecule has 0 fully saturated rings. The molecule has 0 atom stereocenters. The zero-order chi connectivity index (χ0) is 20.9. The van der Waals surface area contributed by atoms with E-state index >= 15 is 0 Å². The molecule has 3 aromatic carbocycles. The third-order valence-corrected chi connectivity index (χ3v) is 4.94. The van der Waals surface area contributed by atoms with Gasteiger partial charge in [-0.2, -0.15) is 35.9 Å². The number of aromatic nitrogens is 2. The summed E-state index contributed by atoms with van der Waals surface area (Å²) in [6.45, 7) is 0. The molecule has 0 spiro atoms. The smallest absolute Gasteiger partial charge is 0.314 e. The van der Waals surface area contributed by atoms with Gasteiger partial charge < -0.3 is 4.90 Å². The normalized spacial score (nSPS) is 10.2. The van der Waals surface area contributed by atoms with Crippen LogP contribution in [0.15, 0.2) is 116 Å². The van der Waals surface area contributed by atoms with Gasteiger partial charge in [-0.3, -0.25) is 4.98 Å². The molecule has 4 heteroatoms. The van der Waals surface area contributed by atoms with Crippen LogP contribution in [0.25, 0.3) is 22.4 Å². The molecule has 0 aliphatic heterocycles. The van der Waals surface area contributed by atoms with Crippen LogP contribution in [0.4, 0.5) is 17.2 Å². The van der Waals surface area contributed by atoms with Gasteiger partial charge in [-0.05, 0) is 36.0 Å². The zero-order valence-electron chi connectivity index (χ0n) is 17.1. The standard InChI is InChI=1S/C28H19N3.Pt/c1-2-13-25(14-3-1)31(28-17-5-7-19-30-28)26-15-9-11-23(21-26)22-10-8-12-24(20-22)27-16-4-6-18-29-27;/h1-19H;/q-2;+2. The van der Waals surface area contributed by atoms with Crippen LogP contribution in [-0.4, -0.2) is 9.97 Å². The number of nitrogens with zero attached hydrogens (tertiary/aromatic N) is 3. The van der Waals surface area contributed by atoms with E-state index < -0.39 is 0 Å². The molecule has 156 valence electrons. The van der Waals surface area contributed by atoms with Crippen molar-refractivity contribution in [3.63, 3.8) is 0 Å². The summed E-state index contributed by atoms with van der Waals surface area (Å²) < 4.78 is 0. The first-order chi connectivity index (χ1) is 15.4. The first-order valence-electron chi connectivity index (χ1n) is 10.1. The molecule has 0 saturated heterocycles. The first-order valence-corrected chi connectivity index (χ1v) is 10.1. The predicted molar refractivity (Wildman–Crippen MR) is 125 cm³/mol. The molecule has 0 bridgehead atoms. The SMILES string of the molecule is [Pt+2].[c-]1c(-c2[c-]c(N(c3ccccc3)c3ccccn3)ccc2)cccc1-c1ccccn1. The summed E-state index contributed by atoms with van der Waals surface area (Å²) in [4.78, 5) is 11.1. The van der Waals surface area contributed by atoms with E-state index in [0.29, 0.717) is 0 Å². The quantitative estimate of drug-likeness (QED) is 0.209. The van der Waals surface area contributed by atoms with Gasteiger partial charge in [0.25, 0.3) is 0 Å². The second-order valence-electron chi connectivity index (χ2n) is 7.00. The molecule has 2 heterocycles. The molecule has 0 N–H and O–H groups in total. The zero-order valence-corrected chi connectivity index (χ0v) is 19.4. The van der Waals surface area contributed by atoms with E-state index in [-0.39, 0.29) is 21.1 Å². The Morgan fingerprint density at radius 1 is 0.531 bits per heavy atom. The molecular weight excluding hydrogens is 573 g/mol. The Bertz CT molecular complexity index is 1240. The number of anilines is 3. The van der Waals surface area contributed by atoms with Crippen molar-refractivity contribution in [1.29, 1.82) is 0 Å². The van der Waals surface area contributed by atoms with Crippen LogP contribution in [-0.2, 0) is 21.1 Å². The van der Waals surface area contributed by atoms with E-state index in [4.69, 9.17) is 0 Å². The van der Waals surface area contributed by atoms with Gasteiger partial charge in [0.15, 0.2) is 0 Å². The Balaban J connectivity index is 0.00000245. The van der Waals surface area contributed by atoms with Crippen LogP contribution in [0.3, 0.4) is 0 Å². The van der Waals surface area contributed by atoms with Crippen LogP contribution < -0.4 is 4.90 Å². The minimum atomic E-state index is 0. The number of pyridine rings is 2. The maximum absolute atomic E-state index is 4.58. The molecule has 0 radical (unpaired) electrons. The second kappa shape index (κ2) is 10.2. The maximum atomic E-state index is 4.58. The van der Waals surface area contributed by atoms with Crippen molar-refractivity contribution in [3.05, 3.63) is 128 Å². The Hall–Kier alpha value is -3.55. The summed E-state index contributed by atoms with van der Waals surface area (Å²) in [6.07, 6.45) is 3.60. The molecule has 5 aromatic rings. The average molecular weight is 593 g/mol. The van der Waals surface area contributed by atoms with Crippen molar-refractivity contribution >= 4 is 17.2 Å². The van der Waals surface area contributed by atoms with Crippen molar-refractivity contribution in [2.24, 2.45) is 0 Å². The van der Waals surface area contributed by atoms with Crippen molar-refractivity contribution < 1.29 is 21.1 Å². The number of rotatable bonds is 5. The number of hydrogen-bond acceptors (Lipinski definition) is 3. The fourth-order valence-corrected chi connectivity index (χ4v) is 3.50. The minimum absolute atomic E-state index is 0. The Kier molecular flexibility index (Phi) is 6.89. The van der Waals surface area contributed by atoms with Gasteiger partial charge >= 0.3 is 21.1 Å². The van der Waals surface area contributed by atoms with Crippen molar-refractivity contribution in [2.45, 2.75) is 0 Å². The molecule has 3 nitrogen and oxygen atoms in total. The van der Waals surface area contributed by atoms with E-state index in [1.807, 2.05) is 78.9 Å². The van der Waals surface area contributed by atoms with Crippen LogP contribution in [0, 0.1) is 12.1 Å². The van der Waals surface area contributed by atoms with Crippen molar-refractivity contribution in [1.82, 2.24) is 9.97 Å². The summed E-state index contributed by atoms with van der Waals surface area (Å²) in [5, 5.41) is 0. The van der Waals surface area contributed by atoms with Gasteiger partial charge in [-0.1, -0.05) is 36.4 Å². The largest absolute Gasteiger partial charge is 2.00 e. The first kappa shape index (κ1) is 21.7. The molecular formula is C28H19N3Pt. The molecule has 0 saturated carbocycles. The molecule has 0 aliphatic rings. The Morgan fingerprint density at radius 3 is 1.91 bits per heavy atom. The minimum Gasteiger partial charge on any atom is -0.314 e. The number of benzene rings is 3. The maximum Gasteiger partial charge on any atom is 2.00 e. The summed E-state index contributed by atoms with van der Waals surface area (Å²) >= 11 is 0. The molecule has 32 heavy (non-hydrogen) atoms. The van der Waals surface area contributed by atoms with Gasteiger partial charge in [0, 0.05) is 23.8 Å². The van der Waals surface area contributed by atoms with Crippen LogP contribution in [0.2, 0.25) is 0 Å². The van der Waals surface area contributed by atoms with Crippen molar-refractivity contribution in [3.8, 4) is 22.4 Å². The second-order valence-corrected chi connectivity index (χ2v) is 7.00. The fraction of sp³-hybridized carbons (Fsp3) is 0. The van der Waals surface area contributed by atoms with E-state index in [2.05, 4.69) is 51.3 Å². The van der Waals surface area contributed by atoms with Gasteiger partial charge in [-0.15, -0.1) is 23.8 Å². The summed E-state index contributed by atoms with van der Waals surface area (Å²) in [7, 11) is 0. The number of hydrogen-bond donors (Lipinski definition) is 0. The van der Waals surface area contributed by atoms with Gasteiger partial charge in [-0.25, -0.2) is 10.5 Å².